The Hall–Kier alpha value is -3.00. The van der Waals surface area contributed by atoms with Crippen LogP contribution >= 0.6 is 11.3 Å². The van der Waals surface area contributed by atoms with Crippen LogP contribution in [-0.4, -0.2) is 36.0 Å². The van der Waals surface area contributed by atoms with E-state index in [1.165, 1.54) is 22.3 Å². The molecule has 3 aromatic rings. The average Bonchev–Trinajstić information content (AvgIpc) is 3.35. The second-order valence-electron chi connectivity index (χ2n) is 6.48. The molecule has 0 atom stereocenters. The fraction of sp³-hybridized carbons (Fsp3) is 0.263. The quantitative estimate of drug-likeness (QED) is 0.502. The predicted octanol–water partition coefficient (Wildman–Crippen LogP) is 4.08. The Bertz CT molecular complexity index is 994. The van der Waals surface area contributed by atoms with E-state index in [-0.39, 0.29) is 17.2 Å². The molecule has 138 valence electrons. The number of carbonyl (C=O) groups is 1. The third kappa shape index (κ3) is 3.23. The molecule has 1 aromatic heterocycles. The Balaban J connectivity index is 1.66. The number of nitro benzene ring substituents is 1. The number of aromatic nitrogens is 1. The maximum Gasteiger partial charge on any atom is 0.293 e. The van der Waals surface area contributed by atoms with Crippen molar-refractivity contribution >= 4 is 44.0 Å². The number of para-hydroxylation sites is 1. The van der Waals surface area contributed by atoms with Gasteiger partial charge in [-0.3, -0.25) is 19.8 Å². The molecule has 2 heterocycles. The second-order valence-corrected chi connectivity index (χ2v) is 7.49. The number of rotatable bonds is 4. The first-order chi connectivity index (χ1) is 13.0. The third-order valence-corrected chi connectivity index (χ3v) is 5.85. The number of fused-ring (bicyclic) bond motifs is 1. The van der Waals surface area contributed by atoms with Crippen molar-refractivity contribution in [3.8, 4) is 0 Å². The fourth-order valence-electron chi connectivity index (χ4n) is 3.31. The van der Waals surface area contributed by atoms with E-state index in [2.05, 4.69) is 4.98 Å². The number of hydrogen-bond acceptors (Lipinski definition) is 6. The summed E-state index contributed by atoms with van der Waals surface area (Å²) in [5.74, 6) is -0.315. The van der Waals surface area contributed by atoms with E-state index in [4.69, 9.17) is 0 Å². The molecule has 0 radical (unpaired) electrons. The lowest BCUT2D eigenvalue weighted by atomic mass is 10.1. The Morgan fingerprint density at radius 3 is 2.67 bits per heavy atom. The van der Waals surface area contributed by atoms with Crippen LogP contribution in [0.25, 0.3) is 10.2 Å². The van der Waals surface area contributed by atoms with E-state index in [1.807, 2.05) is 29.2 Å². The number of thiazole rings is 1. The van der Waals surface area contributed by atoms with Gasteiger partial charge in [-0.15, -0.1) is 0 Å². The molecule has 0 spiro atoms. The minimum atomic E-state index is -0.415. The lowest BCUT2D eigenvalue weighted by Gasteiger charge is -2.19. The van der Waals surface area contributed by atoms with Gasteiger partial charge in [-0.2, -0.15) is 0 Å². The van der Waals surface area contributed by atoms with Crippen LogP contribution in [0, 0.1) is 10.1 Å². The maximum absolute atomic E-state index is 12.9. The highest BCUT2D eigenvalue weighted by molar-refractivity contribution is 7.22. The number of anilines is 2. The summed E-state index contributed by atoms with van der Waals surface area (Å²) in [6.07, 6.45) is 2.05. The molecule has 0 N–H and O–H groups in total. The zero-order valence-corrected chi connectivity index (χ0v) is 15.6. The van der Waals surface area contributed by atoms with Gasteiger partial charge in [0.15, 0.2) is 5.13 Å². The summed E-state index contributed by atoms with van der Waals surface area (Å²) < 4.78 is 0.988. The van der Waals surface area contributed by atoms with E-state index in [0.29, 0.717) is 10.8 Å². The summed E-state index contributed by atoms with van der Waals surface area (Å²) in [6, 6.07) is 12.4. The molecular weight excluding hydrogens is 364 g/mol. The van der Waals surface area contributed by atoms with E-state index < -0.39 is 4.92 Å². The van der Waals surface area contributed by atoms with E-state index in [0.717, 1.165) is 36.1 Å². The van der Waals surface area contributed by atoms with E-state index in [9.17, 15) is 14.9 Å². The second kappa shape index (κ2) is 6.96. The first kappa shape index (κ1) is 17.4. The van der Waals surface area contributed by atoms with Crippen LogP contribution in [0.15, 0.2) is 42.5 Å². The largest absolute Gasteiger partial charge is 0.366 e. The topological polar surface area (TPSA) is 79.6 Å². The first-order valence-electron chi connectivity index (χ1n) is 8.71. The summed E-state index contributed by atoms with van der Waals surface area (Å²) in [4.78, 5) is 32.0. The van der Waals surface area contributed by atoms with Crippen molar-refractivity contribution in [2.75, 3.05) is 29.9 Å². The van der Waals surface area contributed by atoms with Gasteiger partial charge in [0.25, 0.3) is 11.6 Å². The minimum absolute atomic E-state index is 0.0274. The Morgan fingerprint density at radius 2 is 1.96 bits per heavy atom. The van der Waals surface area contributed by atoms with Crippen molar-refractivity contribution in [3.63, 3.8) is 0 Å². The number of amides is 1. The molecule has 27 heavy (non-hydrogen) atoms. The molecule has 0 saturated carbocycles. The molecule has 4 rings (SSSR count). The summed E-state index contributed by atoms with van der Waals surface area (Å²) in [6.45, 7) is 1.61. The molecule has 1 amide bonds. The van der Waals surface area contributed by atoms with Crippen LogP contribution in [0.3, 0.4) is 0 Å². The third-order valence-electron chi connectivity index (χ3n) is 4.74. The Kier molecular flexibility index (Phi) is 4.49. The standard InChI is InChI=1S/C19H18N4O3S/c1-21(19-20-14-6-2-3-7-17(14)27-19)18(24)13-8-9-15(16(12-13)23(25)26)22-10-4-5-11-22/h2-3,6-9,12H,4-5,10-11H2,1H3. The molecule has 0 bridgehead atoms. The molecule has 7 nitrogen and oxygen atoms in total. The summed E-state index contributed by atoms with van der Waals surface area (Å²) in [7, 11) is 1.64. The van der Waals surface area contributed by atoms with Crippen molar-refractivity contribution in [3.05, 3.63) is 58.1 Å². The molecule has 8 heteroatoms. The molecular formula is C19H18N4O3S. The smallest absolute Gasteiger partial charge is 0.293 e. The first-order valence-corrected chi connectivity index (χ1v) is 9.53. The fourth-order valence-corrected chi connectivity index (χ4v) is 4.24. The van der Waals surface area contributed by atoms with Gasteiger partial charge in [0.05, 0.1) is 15.1 Å². The molecule has 1 aliphatic heterocycles. The van der Waals surface area contributed by atoms with Crippen LogP contribution < -0.4 is 9.80 Å². The van der Waals surface area contributed by atoms with Gasteiger partial charge in [0.1, 0.15) is 5.69 Å². The van der Waals surface area contributed by atoms with Gasteiger partial charge >= 0.3 is 0 Å². The number of nitro groups is 1. The van der Waals surface area contributed by atoms with Crippen LogP contribution in [0.4, 0.5) is 16.5 Å². The van der Waals surface area contributed by atoms with Crippen molar-refractivity contribution in [2.24, 2.45) is 0 Å². The SMILES string of the molecule is CN(C(=O)c1ccc(N2CCCC2)c([N+](=O)[O-])c1)c1nc2ccccc2s1. The minimum Gasteiger partial charge on any atom is -0.366 e. The van der Waals surface area contributed by atoms with Crippen LogP contribution in [0.1, 0.15) is 23.2 Å². The number of hydrogen-bond donors (Lipinski definition) is 0. The lowest BCUT2D eigenvalue weighted by Crippen LogP contribution is -2.26. The highest BCUT2D eigenvalue weighted by Gasteiger charge is 2.25. The van der Waals surface area contributed by atoms with Gasteiger partial charge in [-0.25, -0.2) is 4.98 Å². The monoisotopic (exact) mass is 382 g/mol. The van der Waals surface area contributed by atoms with Crippen LogP contribution in [0.2, 0.25) is 0 Å². The molecule has 1 aliphatic rings. The van der Waals surface area contributed by atoms with E-state index >= 15 is 0 Å². The van der Waals surface area contributed by atoms with Crippen molar-refractivity contribution in [2.45, 2.75) is 12.8 Å². The van der Waals surface area contributed by atoms with Gasteiger partial charge in [-0.1, -0.05) is 23.5 Å². The van der Waals surface area contributed by atoms with Gasteiger partial charge < -0.3 is 4.90 Å². The summed E-state index contributed by atoms with van der Waals surface area (Å²) in [5.41, 5.74) is 1.66. The van der Waals surface area contributed by atoms with E-state index in [1.54, 1.807) is 19.2 Å². The van der Waals surface area contributed by atoms with Crippen molar-refractivity contribution < 1.29 is 9.72 Å². The molecule has 2 aromatic carbocycles. The summed E-state index contributed by atoms with van der Waals surface area (Å²) in [5, 5.41) is 12.1. The van der Waals surface area contributed by atoms with Crippen LogP contribution in [-0.2, 0) is 0 Å². The Morgan fingerprint density at radius 1 is 1.22 bits per heavy atom. The van der Waals surface area contributed by atoms with Crippen molar-refractivity contribution in [1.82, 2.24) is 4.98 Å². The number of nitrogens with zero attached hydrogens (tertiary/aromatic N) is 4. The number of benzene rings is 2. The zero-order valence-electron chi connectivity index (χ0n) is 14.8. The normalized spacial score (nSPS) is 13.9. The summed E-state index contributed by atoms with van der Waals surface area (Å²) >= 11 is 1.41. The number of carbonyl (C=O) groups excluding carboxylic acids is 1. The molecule has 0 unspecified atom stereocenters. The zero-order chi connectivity index (χ0) is 19.0. The highest BCUT2D eigenvalue weighted by atomic mass is 32.1. The Labute approximate surface area is 160 Å². The molecule has 1 fully saturated rings. The van der Waals surface area contributed by atoms with Gasteiger partial charge in [0.2, 0.25) is 0 Å². The molecule has 0 aliphatic carbocycles. The van der Waals surface area contributed by atoms with Gasteiger partial charge in [0, 0.05) is 31.8 Å². The predicted molar refractivity (Wildman–Crippen MR) is 107 cm³/mol. The maximum atomic E-state index is 12.9. The van der Waals surface area contributed by atoms with Gasteiger partial charge in [-0.05, 0) is 37.1 Å². The molecule has 1 saturated heterocycles. The average molecular weight is 382 g/mol. The van der Waals surface area contributed by atoms with Crippen molar-refractivity contribution in [1.29, 1.82) is 0 Å². The van der Waals surface area contributed by atoms with Crippen LogP contribution in [0.5, 0.6) is 0 Å². The highest BCUT2D eigenvalue weighted by Crippen LogP contribution is 2.33. The lowest BCUT2D eigenvalue weighted by molar-refractivity contribution is -0.384.